The van der Waals surface area contributed by atoms with E-state index in [1.54, 1.807) is 6.07 Å². The first-order chi connectivity index (χ1) is 7.56. The van der Waals surface area contributed by atoms with Gasteiger partial charge in [-0.25, -0.2) is 9.37 Å². The number of aromatic nitrogens is 1. The second-order valence-electron chi connectivity index (χ2n) is 3.49. The van der Waals surface area contributed by atoms with E-state index >= 15 is 0 Å². The molecular weight excluding hydrogens is 291 g/mol. The fourth-order valence-corrected chi connectivity index (χ4v) is 2.56. The van der Waals surface area contributed by atoms with Gasteiger partial charge in [0, 0.05) is 11.3 Å². The van der Waals surface area contributed by atoms with E-state index in [1.807, 2.05) is 13.0 Å². The fraction of sp³-hybridized carbons (Fsp3) is 0.182. The van der Waals surface area contributed by atoms with Crippen LogP contribution in [0.5, 0.6) is 0 Å². The van der Waals surface area contributed by atoms with Crippen molar-refractivity contribution in [3.05, 3.63) is 44.6 Å². The van der Waals surface area contributed by atoms with Crippen molar-refractivity contribution in [2.24, 2.45) is 0 Å². The van der Waals surface area contributed by atoms with Crippen molar-refractivity contribution in [2.75, 3.05) is 5.73 Å². The quantitative estimate of drug-likeness (QED) is 0.921. The molecular formula is C11H10BrFN2S. The van der Waals surface area contributed by atoms with Gasteiger partial charge in [-0.05, 0) is 40.5 Å². The van der Waals surface area contributed by atoms with Gasteiger partial charge in [0.05, 0.1) is 10.2 Å². The van der Waals surface area contributed by atoms with Gasteiger partial charge < -0.3 is 5.73 Å². The molecule has 0 spiro atoms. The average molecular weight is 301 g/mol. The van der Waals surface area contributed by atoms with Gasteiger partial charge in [-0.3, -0.25) is 0 Å². The molecule has 0 unspecified atom stereocenters. The summed E-state index contributed by atoms with van der Waals surface area (Å²) in [5.41, 5.74) is 7.46. The molecule has 0 aliphatic heterocycles. The molecule has 2 N–H and O–H groups in total. The Kier molecular flexibility index (Phi) is 3.25. The topological polar surface area (TPSA) is 38.9 Å². The van der Waals surface area contributed by atoms with Crippen LogP contribution in [0, 0.1) is 12.7 Å². The lowest BCUT2D eigenvalue weighted by molar-refractivity contribution is 0.619. The normalized spacial score (nSPS) is 10.7. The minimum Gasteiger partial charge on any atom is -0.375 e. The number of rotatable bonds is 2. The Hall–Kier alpha value is -0.940. The standard InChI is InChI=1S/C11H10BrFN2S/c1-6-10(16-11(14)15-6)5-7-2-3-8(12)9(13)4-7/h2-4H,5H2,1H3,(H2,14,15). The molecule has 1 heterocycles. The van der Waals surface area contributed by atoms with Crippen LogP contribution in [0.15, 0.2) is 22.7 Å². The van der Waals surface area contributed by atoms with Gasteiger partial charge in [-0.1, -0.05) is 6.07 Å². The number of halogens is 2. The summed E-state index contributed by atoms with van der Waals surface area (Å²) in [6.07, 6.45) is 0.672. The monoisotopic (exact) mass is 300 g/mol. The molecule has 84 valence electrons. The van der Waals surface area contributed by atoms with E-state index in [9.17, 15) is 4.39 Å². The van der Waals surface area contributed by atoms with Crippen LogP contribution in [0.3, 0.4) is 0 Å². The van der Waals surface area contributed by atoms with Gasteiger partial charge in [0.1, 0.15) is 5.82 Å². The van der Waals surface area contributed by atoms with E-state index in [0.717, 1.165) is 16.1 Å². The summed E-state index contributed by atoms with van der Waals surface area (Å²) in [5, 5.41) is 0.560. The lowest BCUT2D eigenvalue weighted by Crippen LogP contribution is -1.89. The minimum absolute atomic E-state index is 0.243. The smallest absolute Gasteiger partial charge is 0.180 e. The Labute approximate surface area is 105 Å². The Bertz CT molecular complexity index is 525. The van der Waals surface area contributed by atoms with Gasteiger partial charge in [-0.15, -0.1) is 11.3 Å². The number of anilines is 1. The van der Waals surface area contributed by atoms with Crippen LogP contribution in [0.4, 0.5) is 9.52 Å². The lowest BCUT2D eigenvalue weighted by atomic mass is 10.1. The maximum absolute atomic E-state index is 13.3. The molecule has 0 saturated heterocycles. The van der Waals surface area contributed by atoms with Crippen LogP contribution in [0.25, 0.3) is 0 Å². The Morgan fingerprint density at radius 2 is 2.25 bits per heavy atom. The molecule has 0 amide bonds. The summed E-state index contributed by atoms with van der Waals surface area (Å²) in [6, 6.07) is 5.13. The first kappa shape index (κ1) is 11.5. The zero-order valence-corrected chi connectivity index (χ0v) is 11.0. The van der Waals surface area contributed by atoms with Crippen molar-refractivity contribution in [2.45, 2.75) is 13.3 Å². The second kappa shape index (κ2) is 4.51. The van der Waals surface area contributed by atoms with Gasteiger partial charge in [0.25, 0.3) is 0 Å². The first-order valence-electron chi connectivity index (χ1n) is 4.72. The highest BCUT2D eigenvalue weighted by Gasteiger charge is 2.07. The molecule has 0 aliphatic rings. The van der Waals surface area contributed by atoms with Crippen molar-refractivity contribution in [3.8, 4) is 0 Å². The number of nitrogens with zero attached hydrogens (tertiary/aromatic N) is 1. The molecule has 0 atom stereocenters. The molecule has 16 heavy (non-hydrogen) atoms. The molecule has 0 bridgehead atoms. The molecule has 0 fully saturated rings. The highest BCUT2D eigenvalue weighted by molar-refractivity contribution is 9.10. The minimum atomic E-state index is -0.243. The van der Waals surface area contributed by atoms with Crippen LogP contribution in [0.2, 0.25) is 0 Å². The third-order valence-electron chi connectivity index (χ3n) is 2.26. The number of benzene rings is 1. The van der Waals surface area contributed by atoms with Crippen molar-refractivity contribution >= 4 is 32.4 Å². The molecule has 5 heteroatoms. The average Bonchev–Trinajstić information content (AvgIpc) is 2.51. The largest absolute Gasteiger partial charge is 0.375 e. The summed E-state index contributed by atoms with van der Waals surface area (Å²) in [7, 11) is 0. The third-order valence-corrected chi connectivity index (χ3v) is 3.89. The van der Waals surface area contributed by atoms with Gasteiger partial charge in [0.2, 0.25) is 0 Å². The summed E-state index contributed by atoms with van der Waals surface area (Å²) in [6.45, 7) is 1.91. The van der Waals surface area contributed by atoms with Gasteiger partial charge in [-0.2, -0.15) is 0 Å². The highest BCUT2D eigenvalue weighted by Crippen LogP contribution is 2.24. The number of thiazole rings is 1. The van der Waals surface area contributed by atoms with Crippen molar-refractivity contribution in [1.29, 1.82) is 0 Å². The number of aryl methyl sites for hydroxylation is 1. The van der Waals surface area contributed by atoms with E-state index in [0.29, 0.717) is 16.0 Å². The number of nitrogen functional groups attached to an aromatic ring is 1. The van der Waals surface area contributed by atoms with Crippen molar-refractivity contribution in [3.63, 3.8) is 0 Å². The third kappa shape index (κ3) is 2.41. The van der Waals surface area contributed by atoms with Crippen LogP contribution in [0.1, 0.15) is 16.1 Å². The molecule has 1 aromatic carbocycles. The molecule has 1 aromatic heterocycles. The van der Waals surface area contributed by atoms with Crippen LogP contribution < -0.4 is 5.73 Å². The van der Waals surface area contributed by atoms with Crippen LogP contribution >= 0.6 is 27.3 Å². The highest BCUT2D eigenvalue weighted by atomic mass is 79.9. The number of hydrogen-bond acceptors (Lipinski definition) is 3. The van der Waals surface area contributed by atoms with Gasteiger partial charge >= 0.3 is 0 Å². The molecule has 2 rings (SSSR count). The SMILES string of the molecule is Cc1nc(N)sc1Cc1ccc(Br)c(F)c1. The molecule has 2 aromatic rings. The maximum Gasteiger partial charge on any atom is 0.180 e. The zero-order valence-electron chi connectivity index (χ0n) is 8.63. The fourth-order valence-electron chi connectivity index (χ4n) is 1.45. The Balaban J connectivity index is 2.27. The van der Waals surface area contributed by atoms with Crippen LogP contribution in [-0.4, -0.2) is 4.98 Å². The van der Waals surface area contributed by atoms with Crippen molar-refractivity contribution < 1.29 is 4.39 Å². The van der Waals surface area contributed by atoms with E-state index in [1.165, 1.54) is 17.4 Å². The Morgan fingerprint density at radius 3 is 2.81 bits per heavy atom. The zero-order chi connectivity index (χ0) is 11.7. The van der Waals surface area contributed by atoms with E-state index < -0.39 is 0 Å². The lowest BCUT2D eigenvalue weighted by Gasteiger charge is -2.01. The van der Waals surface area contributed by atoms with E-state index in [2.05, 4.69) is 20.9 Å². The summed E-state index contributed by atoms with van der Waals surface area (Å²) in [5.74, 6) is -0.243. The summed E-state index contributed by atoms with van der Waals surface area (Å²) in [4.78, 5) is 5.22. The van der Waals surface area contributed by atoms with Crippen LogP contribution in [-0.2, 0) is 6.42 Å². The molecule has 0 radical (unpaired) electrons. The Morgan fingerprint density at radius 1 is 1.50 bits per heavy atom. The molecule has 0 aliphatic carbocycles. The predicted octanol–water partition coefficient (Wildman–Crippen LogP) is 3.53. The first-order valence-corrected chi connectivity index (χ1v) is 6.33. The van der Waals surface area contributed by atoms with Gasteiger partial charge in [0.15, 0.2) is 5.13 Å². The summed E-state index contributed by atoms with van der Waals surface area (Å²) >= 11 is 4.58. The number of nitrogens with two attached hydrogens (primary N) is 1. The van der Waals surface area contributed by atoms with Crippen molar-refractivity contribution in [1.82, 2.24) is 4.98 Å². The molecule has 2 nitrogen and oxygen atoms in total. The predicted molar refractivity (Wildman–Crippen MR) is 68.2 cm³/mol. The summed E-state index contributed by atoms with van der Waals surface area (Å²) < 4.78 is 13.8. The number of hydrogen-bond donors (Lipinski definition) is 1. The van der Waals surface area contributed by atoms with E-state index in [4.69, 9.17) is 5.73 Å². The molecule has 0 saturated carbocycles. The maximum atomic E-state index is 13.3. The van der Waals surface area contributed by atoms with E-state index in [-0.39, 0.29) is 5.82 Å². The second-order valence-corrected chi connectivity index (χ2v) is 5.46.